The molecule has 0 aliphatic carbocycles. The molecule has 1 rings (SSSR count). The molecule has 0 aliphatic rings. The average molecular weight is 221 g/mol. The first-order chi connectivity index (χ1) is 7.60. The highest BCUT2D eigenvalue weighted by Gasteiger charge is 2.15. The van der Waals surface area contributed by atoms with E-state index in [1.807, 2.05) is 12.1 Å². The van der Waals surface area contributed by atoms with Gasteiger partial charge in [-0.25, -0.2) is 0 Å². The molecular weight excluding hydrogens is 202 g/mol. The van der Waals surface area contributed by atoms with Crippen molar-refractivity contribution in [2.45, 2.75) is 39.2 Å². The van der Waals surface area contributed by atoms with E-state index in [9.17, 15) is 4.79 Å². The van der Waals surface area contributed by atoms with Crippen molar-refractivity contribution < 1.29 is 9.90 Å². The van der Waals surface area contributed by atoms with Crippen molar-refractivity contribution in [2.75, 3.05) is 0 Å². The molecule has 0 saturated heterocycles. The molecule has 0 aliphatic heterocycles. The maximum absolute atomic E-state index is 10.7. The summed E-state index contributed by atoms with van der Waals surface area (Å²) < 4.78 is 0. The first kappa shape index (κ1) is 12.7. The third-order valence-electron chi connectivity index (χ3n) is 2.84. The molecule has 0 radical (unpaired) electrons. The van der Waals surface area contributed by atoms with E-state index >= 15 is 0 Å². The van der Waals surface area contributed by atoms with Crippen LogP contribution in [0.25, 0.3) is 0 Å². The predicted octanol–water partition coefficient (Wildman–Crippen LogP) is 2.29. The zero-order valence-corrected chi connectivity index (χ0v) is 9.86. The molecule has 3 N–H and O–H groups in total. The van der Waals surface area contributed by atoms with E-state index in [-0.39, 0.29) is 6.42 Å². The topological polar surface area (TPSA) is 63.3 Å². The molecule has 1 atom stereocenters. The molecule has 0 saturated carbocycles. The molecule has 3 nitrogen and oxygen atoms in total. The summed E-state index contributed by atoms with van der Waals surface area (Å²) in [5, 5.41) is 8.76. The Bertz CT molecular complexity index is 374. The second-order valence-electron chi connectivity index (χ2n) is 3.90. The number of rotatable bonds is 5. The van der Waals surface area contributed by atoms with Crippen molar-refractivity contribution in [1.82, 2.24) is 0 Å². The molecule has 0 aromatic heterocycles. The summed E-state index contributed by atoms with van der Waals surface area (Å²) in [6.45, 7) is 4.17. The van der Waals surface area contributed by atoms with Gasteiger partial charge in [-0.15, -0.1) is 0 Å². The number of carbonyl (C=O) groups is 1. The second kappa shape index (κ2) is 5.66. The number of carboxylic acids is 1. The Kier molecular flexibility index (Phi) is 4.50. The maximum atomic E-state index is 10.7. The van der Waals surface area contributed by atoms with E-state index in [2.05, 4.69) is 19.9 Å². The molecule has 0 fully saturated rings. The number of hydrogen-bond acceptors (Lipinski definition) is 2. The standard InChI is InChI=1S/C13H19NO2/c1-3-9-6-5-7-11(10(9)4-2)12(14)8-13(15)16/h5-7,12H,3-4,8,14H2,1-2H3,(H,15,16)/t12-/m0/s1. The van der Waals surface area contributed by atoms with E-state index < -0.39 is 12.0 Å². The zero-order valence-electron chi connectivity index (χ0n) is 9.86. The van der Waals surface area contributed by atoms with Crippen molar-refractivity contribution in [3.63, 3.8) is 0 Å². The van der Waals surface area contributed by atoms with Gasteiger partial charge < -0.3 is 10.8 Å². The lowest BCUT2D eigenvalue weighted by atomic mass is 9.92. The summed E-state index contributed by atoms with van der Waals surface area (Å²) in [6, 6.07) is 5.56. The molecule has 0 spiro atoms. The molecule has 88 valence electrons. The Balaban J connectivity index is 3.07. The van der Waals surface area contributed by atoms with Crippen LogP contribution in [0.2, 0.25) is 0 Å². The summed E-state index contributed by atoms with van der Waals surface area (Å²) in [6.07, 6.45) is 1.84. The van der Waals surface area contributed by atoms with Crippen molar-refractivity contribution in [1.29, 1.82) is 0 Å². The lowest BCUT2D eigenvalue weighted by Gasteiger charge is -2.17. The van der Waals surface area contributed by atoms with E-state index in [1.54, 1.807) is 0 Å². The maximum Gasteiger partial charge on any atom is 0.305 e. The van der Waals surface area contributed by atoms with Gasteiger partial charge in [0.05, 0.1) is 6.42 Å². The average Bonchev–Trinajstić information content (AvgIpc) is 2.26. The lowest BCUT2D eigenvalue weighted by molar-refractivity contribution is -0.137. The Hall–Kier alpha value is -1.35. The number of nitrogens with two attached hydrogens (primary N) is 1. The molecule has 0 bridgehead atoms. The highest BCUT2D eigenvalue weighted by Crippen LogP contribution is 2.23. The smallest absolute Gasteiger partial charge is 0.305 e. The van der Waals surface area contributed by atoms with E-state index in [1.165, 1.54) is 11.1 Å². The van der Waals surface area contributed by atoms with Crippen LogP contribution in [0, 0.1) is 0 Å². The third-order valence-corrected chi connectivity index (χ3v) is 2.84. The van der Waals surface area contributed by atoms with Gasteiger partial charge in [0.2, 0.25) is 0 Å². The predicted molar refractivity (Wildman–Crippen MR) is 64.4 cm³/mol. The van der Waals surface area contributed by atoms with Crippen LogP contribution in [0.3, 0.4) is 0 Å². The number of benzene rings is 1. The highest BCUT2D eigenvalue weighted by molar-refractivity contribution is 5.68. The third kappa shape index (κ3) is 2.83. The summed E-state index contributed by atoms with van der Waals surface area (Å²) in [4.78, 5) is 10.7. The minimum atomic E-state index is -0.851. The number of carboxylic acid groups (broad SMARTS) is 1. The number of aliphatic carboxylic acids is 1. The lowest BCUT2D eigenvalue weighted by Crippen LogP contribution is -2.17. The van der Waals surface area contributed by atoms with Gasteiger partial charge in [0, 0.05) is 6.04 Å². The van der Waals surface area contributed by atoms with Gasteiger partial charge in [0.1, 0.15) is 0 Å². The molecule has 0 heterocycles. The van der Waals surface area contributed by atoms with Gasteiger partial charge in [-0.1, -0.05) is 32.0 Å². The Morgan fingerprint density at radius 2 is 2.06 bits per heavy atom. The van der Waals surface area contributed by atoms with Gasteiger partial charge >= 0.3 is 5.97 Å². The Labute approximate surface area is 96.3 Å². The quantitative estimate of drug-likeness (QED) is 0.801. The molecular formula is C13H19NO2. The normalized spacial score (nSPS) is 12.4. The minimum Gasteiger partial charge on any atom is -0.481 e. The van der Waals surface area contributed by atoms with Gasteiger partial charge in [-0.05, 0) is 29.5 Å². The van der Waals surface area contributed by atoms with E-state index in [4.69, 9.17) is 10.8 Å². The number of aryl methyl sites for hydroxylation is 1. The van der Waals surface area contributed by atoms with Gasteiger partial charge in [0.25, 0.3) is 0 Å². The summed E-state index contributed by atoms with van der Waals surface area (Å²) >= 11 is 0. The van der Waals surface area contributed by atoms with Crippen LogP contribution in [-0.4, -0.2) is 11.1 Å². The fourth-order valence-corrected chi connectivity index (χ4v) is 2.06. The molecule has 16 heavy (non-hydrogen) atoms. The molecule has 0 amide bonds. The van der Waals surface area contributed by atoms with Crippen molar-refractivity contribution in [2.24, 2.45) is 5.73 Å². The van der Waals surface area contributed by atoms with Crippen LogP contribution >= 0.6 is 0 Å². The first-order valence-corrected chi connectivity index (χ1v) is 5.68. The monoisotopic (exact) mass is 221 g/mol. The van der Waals surface area contributed by atoms with Gasteiger partial charge in [-0.3, -0.25) is 4.79 Å². The van der Waals surface area contributed by atoms with E-state index in [0.717, 1.165) is 18.4 Å². The van der Waals surface area contributed by atoms with Crippen molar-refractivity contribution in [3.8, 4) is 0 Å². The SMILES string of the molecule is CCc1cccc([C@@H](N)CC(=O)O)c1CC. The summed E-state index contributed by atoms with van der Waals surface area (Å²) in [7, 11) is 0. The fourth-order valence-electron chi connectivity index (χ4n) is 2.06. The molecule has 0 unspecified atom stereocenters. The van der Waals surface area contributed by atoms with Crippen LogP contribution in [0.4, 0.5) is 0 Å². The van der Waals surface area contributed by atoms with Gasteiger partial charge in [-0.2, -0.15) is 0 Å². The Morgan fingerprint density at radius 1 is 1.38 bits per heavy atom. The van der Waals surface area contributed by atoms with Crippen LogP contribution in [0.15, 0.2) is 18.2 Å². The van der Waals surface area contributed by atoms with Crippen LogP contribution in [0.1, 0.15) is 43.0 Å². The van der Waals surface area contributed by atoms with Gasteiger partial charge in [0.15, 0.2) is 0 Å². The Morgan fingerprint density at radius 3 is 2.56 bits per heavy atom. The number of hydrogen-bond donors (Lipinski definition) is 2. The van der Waals surface area contributed by atoms with Crippen LogP contribution in [0.5, 0.6) is 0 Å². The van der Waals surface area contributed by atoms with E-state index in [0.29, 0.717) is 0 Å². The van der Waals surface area contributed by atoms with Crippen LogP contribution in [-0.2, 0) is 17.6 Å². The first-order valence-electron chi connectivity index (χ1n) is 5.68. The summed E-state index contributed by atoms with van der Waals surface area (Å²) in [5.41, 5.74) is 9.36. The van der Waals surface area contributed by atoms with Crippen molar-refractivity contribution >= 4 is 5.97 Å². The second-order valence-corrected chi connectivity index (χ2v) is 3.90. The largest absolute Gasteiger partial charge is 0.481 e. The zero-order chi connectivity index (χ0) is 12.1. The van der Waals surface area contributed by atoms with Crippen LogP contribution < -0.4 is 5.73 Å². The molecule has 3 heteroatoms. The molecule has 1 aromatic rings. The fraction of sp³-hybridized carbons (Fsp3) is 0.462. The van der Waals surface area contributed by atoms with Crippen molar-refractivity contribution in [3.05, 3.63) is 34.9 Å². The molecule has 1 aromatic carbocycles. The highest BCUT2D eigenvalue weighted by atomic mass is 16.4. The summed E-state index contributed by atoms with van der Waals surface area (Å²) in [5.74, 6) is -0.851. The minimum absolute atomic E-state index is 0.0137.